The topological polar surface area (TPSA) is 52.6 Å². The summed E-state index contributed by atoms with van der Waals surface area (Å²) in [7, 11) is 0. The average Bonchev–Trinajstić information content (AvgIpc) is 3.52. The standard InChI is InChI=1S/C38H64N2O2/c1-26(2)27-13-18-38(21-23-39-22-9-25-40-24-8-10-32(40)42)20-19-36(6)28(33(27)38)11-12-30-35(5)16-15-31(41)34(3,4)29(35)14-17-37(30,36)7/h27-31,33,39,41H,1,8-25H2,2-7H3/t27-,28+,29-,30+,31-,33+,35-,36+,37+,38+/m0/s1. The summed E-state index contributed by atoms with van der Waals surface area (Å²) in [6, 6.07) is 0. The minimum atomic E-state index is -0.145. The molecule has 4 heteroatoms. The van der Waals surface area contributed by atoms with Gasteiger partial charge in [-0.05, 0) is 160 Å². The Kier molecular flexibility index (Phi) is 8.07. The molecule has 0 bridgehead atoms. The number of nitrogens with one attached hydrogen (secondary N) is 1. The molecule has 42 heavy (non-hydrogen) atoms. The largest absolute Gasteiger partial charge is 0.393 e. The Bertz CT molecular complexity index is 1050. The highest BCUT2D eigenvalue weighted by Gasteiger charge is 2.70. The molecule has 6 rings (SSSR count). The molecule has 2 N–H and O–H groups in total. The Morgan fingerprint density at radius 2 is 1.71 bits per heavy atom. The predicted octanol–water partition coefficient (Wildman–Crippen LogP) is 8.00. The first-order valence-corrected chi connectivity index (χ1v) is 18.1. The molecule has 0 spiro atoms. The molecule has 0 aromatic rings. The quantitative estimate of drug-likeness (QED) is 0.226. The number of allylic oxidation sites excluding steroid dienone is 1. The number of likely N-dealkylation sites (tertiary alicyclic amines) is 1. The number of hydrogen-bond donors (Lipinski definition) is 2. The summed E-state index contributed by atoms with van der Waals surface area (Å²) in [6.07, 6.45) is 17.2. The lowest BCUT2D eigenvalue weighted by Crippen LogP contribution is -2.66. The van der Waals surface area contributed by atoms with E-state index in [1.54, 1.807) is 0 Å². The highest BCUT2D eigenvalue weighted by atomic mass is 16.3. The maximum Gasteiger partial charge on any atom is 0.222 e. The van der Waals surface area contributed by atoms with Crippen molar-refractivity contribution in [2.45, 2.75) is 138 Å². The SMILES string of the molecule is C=C(C)[C@@H]1CC[C@]2(CCNCCCN3CCCC3=O)CC[C@]3(C)[C@H](CC[C@@H]4[C@@]5(C)CC[C@H](O)C(C)(C)[C@@H]5CC[C@]43C)[C@@H]12. The summed E-state index contributed by atoms with van der Waals surface area (Å²) < 4.78 is 0. The van der Waals surface area contributed by atoms with Gasteiger partial charge >= 0.3 is 0 Å². The van der Waals surface area contributed by atoms with Crippen molar-refractivity contribution < 1.29 is 9.90 Å². The van der Waals surface area contributed by atoms with Crippen LogP contribution in [0.25, 0.3) is 0 Å². The predicted molar refractivity (Wildman–Crippen MR) is 173 cm³/mol. The molecular formula is C38H64N2O2. The van der Waals surface area contributed by atoms with Crippen LogP contribution in [0.1, 0.15) is 131 Å². The molecule has 10 atom stereocenters. The van der Waals surface area contributed by atoms with Crippen molar-refractivity contribution in [3.8, 4) is 0 Å². The number of fused-ring (bicyclic) bond motifs is 7. The fourth-order valence-corrected chi connectivity index (χ4v) is 13.5. The van der Waals surface area contributed by atoms with Crippen LogP contribution in [-0.4, -0.2) is 48.2 Å². The monoisotopic (exact) mass is 580 g/mol. The van der Waals surface area contributed by atoms with Crippen molar-refractivity contribution in [3.05, 3.63) is 12.2 Å². The van der Waals surface area contributed by atoms with Crippen molar-refractivity contribution in [3.63, 3.8) is 0 Å². The van der Waals surface area contributed by atoms with Crippen molar-refractivity contribution in [2.75, 3.05) is 26.2 Å². The van der Waals surface area contributed by atoms with Gasteiger partial charge in [0, 0.05) is 19.5 Å². The van der Waals surface area contributed by atoms with Crippen LogP contribution in [0.2, 0.25) is 0 Å². The third kappa shape index (κ3) is 4.52. The zero-order valence-corrected chi connectivity index (χ0v) is 28.2. The molecule has 5 saturated carbocycles. The third-order valence-electron chi connectivity index (χ3n) is 16.0. The molecule has 0 aromatic carbocycles. The number of amides is 1. The molecule has 1 amide bonds. The number of aliphatic hydroxyl groups excluding tert-OH is 1. The normalized spacial score (nSPS) is 47.9. The zero-order chi connectivity index (χ0) is 30.1. The van der Waals surface area contributed by atoms with Crippen LogP contribution >= 0.6 is 0 Å². The van der Waals surface area contributed by atoms with Gasteiger partial charge < -0.3 is 15.3 Å². The average molecular weight is 581 g/mol. The zero-order valence-electron chi connectivity index (χ0n) is 28.2. The van der Waals surface area contributed by atoms with Gasteiger partial charge in [0.15, 0.2) is 0 Å². The maximum absolute atomic E-state index is 12.0. The van der Waals surface area contributed by atoms with Gasteiger partial charge in [-0.3, -0.25) is 4.79 Å². The Morgan fingerprint density at radius 1 is 0.929 bits per heavy atom. The van der Waals surface area contributed by atoms with Crippen molar-refractivity contribution >= 4 is 5.91 Å². The Labute approximate surface area is 258 Å². The Hall–Kier alpha value is -0.870. The first kappa shape index (κ1) is 31.1. The number of rotatable bonds is 8. The van der Waals surface area contributed by atoms with E-state index >= 15 is 0 Å². The first-order chi connectivity index (χ1) is 19.8. The Morgan fingerprint density at radius 3 is 2.43 bits per heavy atom. The van der Waals surface area contributed by atoms with Crippen LogP contribution in [0.15, 0.2) is 12.2 Å². The highest BCUT2D eigenvalue weighted by Crippen LogP contribution is 2.77. The van der Waals surface area contributed by atoms with Crippen LogP contribution in [0.3, 0.4) is 0 Å². The van der Waals surface area contributed by atoms with Gasteiger partial charge in [-0.15, -0.1) is 0 Å². The lowest BCUT2D eigenvalue weighted by molar-refractivity contribution is -0.247. The van der Waals surface area contributed by atoms with Crippen molar-refractivity contribution in [1.82, 2.24) is 10.2 Å². The molecule has 1 aliphatic heterocycles. The lowest BCUT2D eigenvalue weighted by Gasteiger charge is -2.73. The summed E-state index contributed by atoms with van der Waals surface area (Å²) in [5.74, 6) is 4.05. The number of nitrogens with zero attached hydrogens (tertiary/aromatic N) is 1. The third-order valence-corrected chi connectivity index (χ3v) is 16.0. The van der Waals surface area contributed by atoms with Crippen LogP contribution in [0.5, 0.6) is 0 Å². The van der Waals surface area contributed by atoms with Gasteiger partial charge in [-0.1, -0.05) is 46.8 Å². The second-order valence-electron chi connectivity index (χ2n) is 17.8. The number of carbonyl (C=O) groups excluding carboxylic acids is 1. The molecular weight excluding hydrogens is 516 g/mol. The molecule has 5 aliphatic carbocycles. The fraction of sp³-hybridized carbons (Fsp3) is 0.921. The highest BCUT2D eigenvalue weighted by molar-refractivity contribution is 5.77. The molecule has 0 radical (unpaired) electrons. The number of carbonyl (C=O) groups is 1. The van der Waals surface area contributed by atoms with E-state index in [1.807, 2.05) is 0 Å². The second-order valence-corrected chi connectivity index (χ2v) is 17.8. The van der Waals surface area contributed by atoms with E-state index in [1.165, 1.54) is 69.8 Å². The van der Waals surface area contributed by atoms with Crippen LogP contribution in [0, 0.1) is 56.7 Å². The summed E-state index contributed by atoms with van der Waals surface area (Å²) in [5, 5.41) is 14.9. The molecule has 6 fully saturated rings. The maximum atomic E-state index is 12.0. The molecule has 0 aromatic heterocycles. The minimum Gasteiger partial charge on any atom is -0.393 e. The van der Waals surface area contributed by atoms with Crippen molar-refractivity contribution in [1.29, 1.82) is 0 Å². The van der Waals surface area contributed by atoms with E-state index in [4.69, 9.17) is 0 Å². The van der Waals surface area contributed by atoms with Gasteiger partial charge in [-0.25, -0.2) is 0 Å². The van der Waals surface area contributed by atoms with E-state index in [0.717, 1.165) is 69.6 Å². The smallest absolute Gasteiger partial charge is 0.222 e. The fourth-order valence-electron chi connectivity index (χ4n) is 13.5. The number of hydrogen-bond acceptors (Lipinski definition) is 3. The van der Waals surface area contributed by atoms with Crippen LogP contribution in [0.4, 0.5) is 0 Å². The van der Waals surface area contributed by atoms with Gasteiger partial charge in [0.2, 0.25) is 5.91 Å². The van der Waals surface area contributed by atoms with Crippen LogP contribution in [-0.2, 0) is 4.79 Å². The molecule has 238 valence electrons. The minimum absolute atomic E-state index is 0.0291. The molecule has 6 aliphatic rings. The molecule has 1 heterocycles. The summed E-state index contributed by atoms with van der Waals surface area (Å²) >= 11 is 0. The van der Waals surface area contributed by atoms with E-state index < -0.39 is 0 Å². The first-order valence-electron chi connectivity index (χ1n) is 18.1. The summed E-state index contributed by atoms with van der Waals surface area (Å²) in [5.41, 5.74) is 3.07. The van der Waals surface area contributed by atoms with Gasteiger partial charge in [0.1, 0.15) is 0 Å². The van der Waals surface area contributed by atoms with Crippen molar-refractivity contribution in [2.24, 2.45) is 56.7 Å². The van der Waals surface area contributed by atoms with Gasteiger partial charge in [-0.2, -0.15) is 0 Å². The van der Waals surface area contributed by atoms with E-state index in [9.17, 15) is 9.90 Å². The summed E-state index contributed by atoms with van der Waals surface area (Å²) in [4.78, 5) is 14.0. The molecule has 4 nitrogen and oxygen atoms in total. The molecule has 0 unspecified atom stereocenters. The summed E-state index contributed by atoms with van der Waals surface area (Å²) in [6.45, 7) is 23.9. The van der Waals surface area contributed by atoms with Gasteiger partial charge in [0.25, 0.3) is 0 Å². The van der Waals surface area contributed by atoms with Gasteiger partial charge in [0.05, 0.1) is 6.10 Å². The molecule has 1 saturated heterocycles. The second kappa shape index (κ2) is 10.9. The number of aliphatic hydroxyl groups is 1. The van der Waals surface area contributed by atoms with E-state index in [0.29, 0.717) is 39.4 Å². The van der Waals surface area contributed by atoms with E-state index in [2.05, 4.69) is 58.3 Å². The van der Waals surface area contributed by atoms with E-state index in [-0.39, 0.29) is 11.5 Å². The Balaban J connectivity index is 1.19. The lowest BCUT2D eigenvalue weighted by atomic mass is 9.32. The van der Waals surface area contributed by atoms with Crippen LogP contribution < -0.4 is 5.32 Å².